The average molecular weight is 353 g/mol. The highest BCUT2D eigenvalue weighted by Gasteiger charge is 2.18. The van der Waals surface area contributed by atoms with Gasteiger partial charge in [0, 0.05) is 30.3 Å². The number of benzene rings is 2. The van der Waals surface area contributed by atoms with E-state index in [0.717, 1.165) is 16.5 Å². The summed E-state index contributed by atoms with van der Waals surface area (Å²) >= 11 is 0. The van der Waals surface area contributed by atoms with Crippen LogP contribution in [0.25, 0.3) is 10.9 Å². The first-order valence-corrected chi connectivity index (χ1v) is 8.59. The predicted octanol–water partition coefficient (Wildman–Crippen LogP) is 3.81. The number of carbonyl (C=O) groups is 1. The number of carbonyl (C=O) groups excluding carboxylic acids is 1. The molecule has 2 aromatic carbocycles. The second-order valence-electron chi connectivity index (χ2n) is 5.97. The standard InChI is InChI=1S/C21H23NO4/c1-4-26-20(23)10-16-14-22(13-15-8-6-5-7-9-15)18-11-17(24-2)12-19(25-3)21(16)18/h5-9,11-12,14H,4,10,13H2,1-3H3. The van der Waals surface area contributed by atoms with Crippen molar-refractivity contribution in [2.75, 3.05) is 20.8 Å². The predicted molar refractivity (Wildman–Crippen MR) is 101 cm³/mol. The highest BCUT2D eigenvalue weighted by atomic mass is 16.5. The van der Waals surface area contributed by atoms with Crippen LogP contribution >= 0.6 is 0 Å². The van der Waals surface area contributed by atoms with Crippen molar-refractivity contribution in [3.05, 3.63) is 59.8 Å². The summed E-state index contributed by atoms with van der Waals surface area (Å²) in [7, 11) is 3.25. The molecule has 0 spiro atoms. The Labute approximate surface area is 153 Å². The van der Waals surface area contributed by atoms with Gasteiger partial charge in [-0.15, -0.1) is 0 Å². The lowest BCUT2D eigenvalue weighted by atomic mass is 10.1. The first-order chi connectivity index (χ1) is 12.7. The van der Waals surface area contributed by atoms with E-state index >= 15 is 0 Å². The van der Waals surface area contributed by atoms with Crippen molar-refractivity contribution in [1.29, 1.82) is 0 Å². The summed E-state index contributed by atoms with van der Waals surface area (Å²) in [5, 5.41) is 0.914. The second kappa shape index (κ2) is 7.95. The third kappa shape index (κ3) is 3.67. The van der Waals surface area contributed by atoms with Gasteiger partial charge in [0.1, 0.15) is 11.5 Å². The van der Waals surface area contributed by atoms with Crippen LogP contribution in [-0.2, 0) is 22.5 Å². The topological polar surface area (TPSA) is 49.7 Å². The summed E-state index contributed by atoms with van der Waals surface area (Å²) in [6, 6.07) is 14.0. The molecule has 0 saturated carbocycles. The number of nitrogens with zero attached hydrogens (tertiary/aromatic N) is 1. The number of aromatic nitrogens is 1. The van der Waals surface area contributed by atoms with Gasteiger partial charge >= 0.3 is 5.97 Å². The summed E-state index contributed by atoms with van der Waals surface area (Å²) in [5.41, 5.74) is 3.02. The molecule has 5 nitrogen and oxygen atoms in total. The molecule has 0 fully saturated rings. The molecule has 0 atom stereocenters. The largest absolute Gasteiger partial charge is 0.497 e. The van der Waals surface area contributed by atoms with E-state index in [-0.39, 0.29) is 12.4 Å². The third-order valence-corrected chi connectivity index (χ3v) is 4.29. The van der Waals surface area contributed by atoms with E-state index in [2.05, 4.69) is 16.7 Å². The van der Waals surface area contributed by atoms with Crippen molar-refractivity contribution in [2.24, 2.45) is 0 Å². The number of fused-ring (bicyclic) bond motifs is 1. The van der Waals surface area contributed by atoms with Crippen LogP contribution in [0.15, 0.2) is 48.7 Å². The van der Waals surface area contributed by atoms with Crippen molar-refractivity contribution in [2.45, 2.75) is 19.9 Å². The number of rotatable bonds is 7. The minimum Gasteiger partial charge on any atom is -0.497 e. The molecule has 0 amide bonds. The Balaban J connectivity index is 2.12. The molecule has 3 rings (SSSR count). The second-order valence-corrected chi connectivity index (χ2v) is 5.97. The zero-order valence-corrected chi connectivity index (χ0v) is 15.3. The van der Waals surface area contributed by atoms with Gasteiger partial charge in [0.2, 0.25) is 0 Å². The summed E-state index contributed by atoms with van der Waals surface area (Å²) in [6.07, 6.45) is 2.20. The normalized spacial score (nSPS) is 10.7. The van der Waals surface area contributed by atoms with Crippen LogP contribution < -0.4 is 9.47 Å². The highest BCUT2D eigenvalue weighted by Crippen LogP contribution is 2.35. The zero-order chi connectivity index (χ0) is 18.5. The van der Waals surface area contributed by atoms with Crippen molar-refractivity contribution >= 4 is 16.9 Å². The van der Waals surface area contributed by atoms with Crippen molar-refractivity contribution in [3.8, 4) is 11.5 Å². The summed E-state index contributed by atoms with van der Waals surface area (Å²) in [5.74, 6) is 1.15. The number of hydrogen-bond acceptors (Lipinski definition) is 4. The monoisotopic (exact) mass is 353 g/mol. The summed E-state index contributed by atoms with van der Waals surface area (Å²) in [4.78, 5) is 12.0. The number of methoxy groups -OCH3 is 2. The van der Waals surface area contributed by atoms with Crippen LogP contribution in [0.3, 0.4) is 0 Å². The van der Waals surface area contributed by atoms with E-state index in [1.165, 1.54) is 5.56 Å². The minimum absolute atomic E-state index is 0.203. The van der Waals surface area contributed by atoms with Gasteiger partial charge in [0.25, 0.3) is 0 Å². The van der Waals surface area contributed by atoms with Crippen molar-refractivity contribution < 1.29 is 19.0 Å². The number of hydrogen-bond donors (Lipinski definition) is 0. The van der Waals surface area contributed by atoms with Gasteiger partial charge in [-0.1, -0.05) is 30.3 Å². The molecule has 0 unspecified atom stereocenters. The molecule has 0 saturated heterocycles. The van der Waals surface area contributed by atoms with Crippen LogP contribution in [-0.4, -0.2) is 31.4 Å². The quantitative estimate of drug-likeness (QED) is 0.606. The number of ether oxygens (including phenoxy) is 3. The Hall–Kier alpha value is -2.95. The molecule has 3 aromatic rings. The molecule has 0 aliphatic heterocycles. The van der Waals surface area contributed by atoms with Crippen LogP contribution in [0.5, 0.6) is 11.5 Å². The summed E-state index contributed by atoms with van der Waals surface area (Å²) in [6.45, 7) is 2.87. The first-order valence-electron chi connectivity index (χ1n) is 8.59. The first kappa shape index (κ1) is 17.9. The van der Waals surface area contributed by atoms with E-state index in [1.807, 2.05) is 43.5 Å². The lowest BCUT2D eigenvalue weighted by Gasteiger charge is -2.10. The Kier molecular flexibility index (Phi) is 5.46. The van der Waals surface area contributed by atoms with Gasteiger partial charge in [-0.05, 0) is 18.1 Å². The van der Waals surface area contributed by atoms with Crippen LogP contribution in [0, 0.1) is 0 Å². The smallest absolute Gasteiger partial charge is 0.310 e. The van der Waals surface area contributed by atoms with Gasteiger partial charge in [-0.2, -0.15) is 0 Å². The molecule has 0 bridgehead atoms. The maximum Gasteiger partial charge on any atom is 0.310 e. The van der Waals surface area contributed by atoms with Crippen molar-refractivity contribution in [3.63, 3.8) is 0 Å². The van der Waals surface area contributed by atoms with E-state index in [4.69, 9.17) is 14.2 Å². The van der Waals surface area contributed by atoms with Crippen LogP contribution in [0.2, 0.25) is 0 Å². The van der Waals surface area contributed by atoms with E-state index < -0.39 is 0 Å². The number of esters is 1. The summed E-state index contributed by atoms with van der Waals surface area (Å²) < 4.78 is 18.2. The van der Waals surface area contributed by atoms with Crippen LogP contribution in [0.1, 0.15) is 18.1 Å². The van der Waals surface area contributed by atoms with Gasteiger partial charge in [0.15, 0.2) is 0 Å². The van der Waals surface area contributed by atoms with E-state index in [1.54, 1.807) is 14.2 Å². The Morgan fingerprint density at radius 3 is 2.50 bits per heavy atom. The molecule has 5 heteroatoms. The average Bonchev–Trinajstić information content (AvgIpc) is 2.99. The van der Waals surface area contributed by atoms with Crippen LogP contribution in [0.4, 0.5) is 0 Å². The molecular weight excluding hydrogens is 330 g/mol. The molecule has 1 heterocycles. The fourth-order valence-corrected chi connectivity index (χ4v) is 3.14. The molecule has 0 aliphatic carbocycles. The minimum atomic E-state index is -0.246. The van der Waals surface area contributed by atoms with Crippen molar-refractivity contribution in [1.82, 2.24) is 4.57 Å². The van der Waals surface area contributed by atoms with Gasteiger partial charge in [-0.25, -0.2) is 0 Å². The molecule has 26 heavy (non-hydrogen) atoms. The Bertz CT molecular complexity index is 899. The molecule has 0 N–H and O–H groups in total. The van der Waals surface area contributed by atoms with Gasteiger partial charge < -0.3 is 18.8 Å². The van der Waals surface area contributed by atoms with E-state index in [0.29, 0.717) is 24.7 Å². The Morgan fingerprint density at radius 2 is 1.85 bits per heavy atom. The maximum absolute atomic E-state index is 12.0. The zero-order valence-electron chi connectivity index (χ0n) is 15.3. The molecular formula is C21H23NO4. The lowest BCUT2D eigenvalue weighted by molar-refractivity contribution is -0.142. The molecule has 136 valence electrons. The lowest BCUT2D eigenvalue weighted by Crippen LogP contribution is -2.07. The highest BCUT2D eigenvalue weighted by molar-refractivity contribution is 5.94. The fraction of sp³-hybridized carbons (Fsp3) is 0.286. The SMILES string of the molecule is CCOC(=O)Cc1cn(Cc2ccccc2)c2cc(OC)cc(OC)c12. The third-order valence-electron chi connectivity index (χ3n) is 4.29. The van der Waals surface area contributed by atoms with Gasteiger partial charge in [0.05, 0.1) is 32.8 Å². The maximum atomic E-state index is 12.0. The van der Waals surface area contributed by atoms with Gasteiger partial charge in [-0.3, -0.25) is 4.79 Å². The molecule has 1 aromatic heterocycles. The Morgan fingerprint density at radius 1 is 1.08 bits per heavy atom. The molecule has 0 radical (unpaired) electrons. The fourth-order valence-electron chi connectivity index (χ4n) is 3.14. The van der Waals surface area contributed by atoms with E-state index in [9.17, 15) is 4.79 Å². The molecule has 0 aliphatic rings.